The first-order valence-corrected chi connectivity index (χ1v) is 8.13. The number of benzene rings is 2. The van der Waals surface area contributed by atoms with E-state index in [0.717, 1.165) is 12.1 Å². The van der Waals surface area contributed by atoms with Crippen LogP contribution < -0.4 is 22.1 Å². The predicted octanol–water partition coefficient (Wildman–Crippen LogP) is 3.22. The number of carbonyl (C=O) groups is 2. The SMILES string of the molecule is NC(=O)c1ncn(-c2ccc(NC(=O)Nc3cccc(C(F)(F)F)c3)cc2)c1N. The van der Waals surface area contributed by atoms with Crippen LogP contribution in [-0.2, 0) is 6.18 Å². The van der Waals surface area contributed by atoms with Crippen LogP contribution in [0.2, 0.25) is 0 Å². The van der Waals surface area contributed by atoms with Crippen molar-refractivity contribution in [2.24, 2.45) is 5.73 Å². The molecule has 3 aromatic rings. The Bertz CT molecular complexity index is 1060. The number of amides is 3. The number of hydrogen-bond donors (Lipinski definition) is 4. The summed E-state index contributed by atoms with van der Waals surface area (Å²) < 4.78 is 39.6. The van der Waals surface area contributed by atoms with E-state index >= 15 is 0 Å². The van der Waals surface area contributed by atoms with Gasteiger partial charge in [-0.15, -0.1) is 0 Å². The highest BCUT2D eigenvalue weighted by Crippen LogP contribution is 2.30. The maximum atomic E-state index is 12.7. The smallest absolute Gasteiger partial charge is 0.383 e. The molecule has 1 heterocycles. The standard InChI is InChI=1S/C18H15F3N6O2/c19-18(20,21)10-2-1-3-12(8-10)26-17(29)25-11-4-6-13(7-5-11)27-9-24-14(15(27)22)16(23)28/h1-9H,22H2,(H2,23,28)(H2,25,26,29). The molecule has 0 bridgehead atoms. The third-order valence-electron chi connectivity index (χ3n) is 3.89. The van der Waals surface area contributed by atoms with E-state index < -0.39 is 23.7 Å². The number of nitrogens with two attached hydrogens (primary N) is 2. The van der Waals surface area contributed by atoms with Crippen molar-refractivity contribution in [3.05, 3.63) is 66.1 Å². The van der Waals surface area contributed by atoms with Crippen molar-refractivity contribution in [2.45, 2.75) is 6.18 Å². The van der Waals surface area contributed by atoms with Crippen molar-refractivity contribution in [1.29, 1.82) is 0 Å². The Morgan fingerprint density at radius 2 is 1.66 bits per heavy atom. The van der Waals surface area contributed by atoms with Gasteiger partial charge in [0.2, 0.25) is 0 Å². The fraction of sp³-hybridized carbons (Fsp3) is 0.0556. The van der Waals surface area contributed by atoms with Crippen molar-refractivity contribution in [1.82, 2.24) is 9.55 Å². The van der Waals surface area contributed by atoms with Crippen molar-refractivity contribution < 1.29 is 22.8 Å². The number of hydrogen-bond acceptors (Lipinski definition) is 4. The van der Waals surface area contributed by atoms with E-state index in [1.807, 2.05) is 0 Å². The molecule has 0 fully saturated rings. The fourth-order valence-corrected chi connectivity index (χ4v) is 2.53. The van der Waals surface area contributed by atoms with E-state index in [4.69, 9.17) is 11.5 Å². The van der Waals surface area contributed by atoms with Crippen molar-refractivity contribution in [3.63, 3.8) is 0 Å². The molecule has 0 atom stereocenters. The quantitative estimate of drug-likeness (QED) is 0.532. The average Bonchev–Trinajstić information content (AvgIpc) is 3.03. The minimum absolute atomic E-state index is 0.000819. The summed E-state index contributed by atoms with van der Waals surface area (Å²) in [7, 11) is 0. The molecule has 0 unspecified atom stereocenters. The molecule has 0 saturated carbocycles. The molecule has 1 aromatic heterocycles. The van der Waals surface area contributed by atoms with Gasteiger partial charge in [0.25, 0.3) is 5.91 Å². The Hall–Kier alpha value is -4.02. The van der Waals surface area contributed by atoms with Crippen molar-refractivity contribution in [2.75, 3.05) is 16.4 Å². The summed E-state index contributed by atoms with van der Waals surface area (Å²) in [4.78, 5) is 27.1. The van der Waals surface area contributed by atoms with E-state index in [1.165, 1.54) is 23.0 Å². The number of primary amides is 1. The van der Waals surface area contributed by atoms with Gasteiger partial charge in [0.05, 0.1) is 5.56 Å². The Kier molecular flexibility index (Phi) is 5.13. The summed E-state index contributed by atoms with van der Waals surface area (Å²) in [6, 6.07) is 9.86. The van der Waals surface area contributed by atoms with Gasteiger partial charge in [-0.1, -0.05) is 6.07 Å². The summed E-state index contributed by atoms with van der Waals surface area (Å²) >= 11 is 0. The van der Waals surface area contributed by atoms with Crippen LogP contribution in [0.15, 0.2) is 54.9 Å². The maximum Gasteiger partial charge on any atom is 0.416 e. The van der Waals surface area contributed by atoms with Crippen LogP contribution >= 0.6 is 0 Å². The van der Waals surface area contributed by atoms with E-state index in [-0.39, 0.29) is 17.2 Å². The van der Waals surface area contributed by atoms with Gasteiger partial charge in [0.15, 0.2) is 5.69 Å². The molecule has 0 spiro atoms. The van der Waals surface area contributed by atoms with Gasteiger partial charge < -0.3 is 22.1 Å². The molecule has 6 N–H and O–H groups in total. The molecule has 3 amide bonds. The summed E-state index contributed by atoms with van der Waals surface area (Å²) in [6.07, 6.45) is -3.17. The number of imidazole rings is 1. The molecule has 150 valence electrons. The number of aromatic nitrogens is 2. The Morgan fingerprint density at radius 3 is 2.24 bits per heavy atom. The first kappa shape index (κ1) is 19.7. The lowest BCUT2D eigenvalue weighted by Gasteiger charge is -2.11. The van der Waals surface area contributed by atoms with Gasteiger partial charge >= 0.3 is 12.2 Å². The number of nitrogens with one attached hydrogen (secondary N) is 2. The van der Waals surface area contributed by atoms with Crippen LogP contribution in [0.1, 0.15) is 16.1 Å². The minimum Gasteiger partial charge on any atom is -0.383 e. The van der Waals surface area contributed by atoms with Gasteiger partial charge in [0.1, 0.15) is 12.1 Å². The van der Waals surface area contributed by atoms with Crippen LogP contribution in [0.3, 0.4) is 0 Å². The van der Waals surface area contributed by atoms with Crippen LogP contribution in [0, 0.1) is 0 Å². The Labute approximate surface area is 162 Å². The zero-order valence-corrected chi connectivity index (χ0v) is 14.7. The van der Waals surface area contributed by atoms with Crippen LogP contribution in [0.4, 0.5) is 35.2 Å². The minimum atomic E-state index is -4.51. The van der Waals surface area contributed by atoms with Crippen molar-refractivity contribution >= 4 is 29.1 Å². The van der Waals surface area contributed by atoms with E-state index in [1.54, 1.807) is 24.3 Å². The zero-order valence-electron chi connectivity index (χ0n) is 14.7. The number of halogens is 3. The topological polar surface area (TPSA) is 128 Å². The van der Waals surface area contributed by atoms with Crippen LogP contribution in [-0.4, -0.2) is 21.5 Å². The second-order valence-electron chi connectivity index (χ2n) is 5.92. The normalized spacial score (nSPS) is 11.1. The summed E-state index contributed by atoms with van der Waals surface area (Å²) in [5.41, 5.74) is 11.0. The summed E-state index contributed by atoms with van der Waals surface area (Å²) in [5.74, 6) is -0.689. The second-order valence-corrected chi connectivity index (χ2v) is 5.92. The second kappa shape index (κ2) is 7.54. The number of alkyl halides is 3. The Morgan fingerprint density at radius 1 is 1.00 bits per heavy atom. The number of nitrogens with zero attached hydrogens (tertiary/aromatic N) is 2. The number of carbonyl (C=O) groups excluding carboxylic acids is 2. The van der Waals surface area contributed by atoms with Crippen molar-refractivity contribution in [3.8, 4) is 5.69 Å². The van der Waals surface area contributed by atoms with E-state index in [0.29, 0.717) is 11.4 Å². The molecule has 3 rings (SSSR count). The van der Waals surface area contributed by atoms with E-state index in [9.17, 15) is 22.8 Å². The molecule has 0 aliphatic carbocycles. The van der Waals surface area contributed by atoms with Crippen LogP contribution in [0.25, 0.3) is 5.69 Å². The molecule has 11 heteroatoms. The third kappa shape index (κ3) is 4.46. The van der Waals surface area contributed by atoms with E-state index in [2.05, 4.69) is 15.6 Å². The molecule has 0 aliphatic heterocycles. The highest BCUT2D eigenvalue weighted by Gasteiger charge is 2.30. The first-order chi connectivity index (χ1) is 13.6. The molecular weight excluding hydrogens is 389 g/mol. The predicted molar refractivity (Wildman–Crippen MR) is 101 cm³/mol. The van der Waals surface area contributed by atoms with Gasteiger partial charge in [0, 0.05) is 17.1 Å². The number of anilines is 3. The van der Waals surface area contributed by atoms with Gasteiger partial charge in [-0.05, 0) is 42.5 Å². The number of rotatable bonds is 4. The largest absolute Gasteiger partial charge is 0.416 e. The molecule has 8 nitrogen and oxygen atoms in total. The third-order valence-corrected chi connectivity index (χ3v) is 3.89. The molecule has 29 heavy (non-hydrogen) atoms. The maximum absolute atomic E-state index is 12.7. The highest BCUT2D eigenvalue weighted by molar-refractivity contribution is 6.00. The monoisotopic (exact) mass is 404 g/mol. The lowest BCUT2D eigenvalue weighted by atomic mass is 10.2. The fourth-order valence-electron chi connectivity index (χ4n) is 2.53. The summed E-state index contributed by atoms with van der Waals surface area (Å²) in [6.45, 7) is 0. The van der Waals surface area contributed by atoms with Gasteiger partial charge in [-0.25, -0.2) is 9.78 Å². The molecule has 0 aliphatic rings. The van der Waals surface area contributed by atoms with Crippen LogP contribution in [0.5, 0.6) is 0 Å². The lowest BCUT2D eigenvalue weighted by Crippen LogP contribution is -2.19. The van der Waals surface area contributed by atoms with Gasteiger partial charge in [-0.2, -0.15) is 13.2 Å². The molecular formula is C18H15F3N6O2. The Balaban J connectivity index is 1.69. The zero-order chi connectivity index (χ0) is 21.2. The number of nitrogen functional groups attached to an aromatic ring is 1. The molecule has 0 radical (unpaired) electrons. The number of urea groups is 1. The molecule has 2 aromatic carbocycles. The van der Waals surface area contributed by atoms with Gasteiger partial charge in [-0.3, -0.25) is 9.36 Å². The highest BCUT2D eigenvalue weighted by atomic mass is 19.4. The molecule has 0 saturated heterocycles. The lowest BCUT2D eigenvalue weighted by molar-refractivity contribution is -0.137. The first-order valence-electron chi connectivity index (χ1n) is 8.13. The average molecular weight is 404 g/mol. The summed E-state index contributed by atoms with van der Waals surface area (Å²) in [5, 5.41) is 4.84.